The average Bonchev–Trinajstić information content (AvgIpc) is 2.96. The van der Waals surface area contributed by atoms with E-state index < -0.39 is 7.26 Å². The molecule has 1 aliphatic heterocycles. The highest BCUT2D eigenvalue weighted by Gasteiger charge is 2.57. The minimum Gasteiger partial charge on any atom is -0.362 e. The summed E-state index contributed by atoms with van der Waals surface area (Å²) in [6, 6.07) is 20.8. The third kappa shape index (κ3) is 2.53. The van der Waals surface area contributed by atoms with Gasteiger partial charge in [0.2, 0.25) is 0 Å². The number of aliphatic hydroxyl groups excluding tert-OH is 2. The molecule has 1 aliphatic rings. The first-order valence-electron chi connectivity index (χ1n) is 7.50. The van der Waals surface area contributed by atoms with Crippen LogP contribution in [0.2, 0.25) is 0 Å². The van der Waals surface area contributed by atoms with Gasteiger partial charge in [-0.1, -0.05) is 60.7 Å². The van der Waals surface area contributed by atoms with Crippen molar-refractivity contribution in [3.8, 4) is 0 Å². The van der Waals surface area contributed by atoms with Gasteiger partial charge in [-0.2, -0.15) is 0 Å². The molecule has 0 aliphatic carbocycles. The Balaban J connectivity index is 2.01. The summed E-state index contributed by atoms with van der Waals surface area (Å²) in [5.41, 5.74) is 3.18. The molecule has 0 bridgehead atoms. The number of hydrogen-bond donors (Lipinski definition) is 2. The van der Waals surface area contributed by atoms with E-state index >= 15 is 0 Å². The number of benzene rings is 2. The van der Waals surface area contributed by atoms with Crippen LogP contribution in [0.5, 0.6) is 0 Å². The van der Waals surface area contributed by atoms with Crippen molar-refractivity contribution in [3.05, 3.63) is 71.8 Å². The van der Waals surface area contributed by atoms with Crippen LogP contribution in [-0.4, -0.2) is 22.9 Å². The molecule has 0 amide bonds. The van der Waals surface area contributed by atoms with Crippen LogP contribution in [0.15, 0.2) is 60.7 Å². The van der Waals surface area contributed by atoms with Gasteiger partial charge in [0, 0.05) is 0 Å². The molecule has 3 heteroatoms. The first-order chi connectivity index (χ1) is 10.3. The molecule has 2 atom stereocenters. The summed E-state index contributed by atoms with van der Waals surface area (Å²) in [7, 11) is -1.86. The van der Waals surface area contributed by atoms with E-state index in [0.717, 1.165) is 12.8 Å². The van der Waals surface area contributed by atoms with E-state index in [-0.39, 0.29) is 12.7 Å². The van der Waals surface area contributed by atoms with Crippen LogP contribution in [0, 0.1) is 0 Å². The maximum atomic E-state index is 10.2. The third-order valence-electron chi connectivity index (χ3n) is 4.85. The number of aliphatic hydroxyl groups is 2. The van der Waals surface area contributed by atoms with Crippen molar-refractivity contribution in [3.63, 3.8) is 0 Å². The molecule has 0 radical (unpaired) electrons. The van der Waals surface area contributed by atoms with Crippen molar-refractivity contribution >= 4 is 7.26 Å². The molecule has 1 fully saturated rings. The largest absolute Gasteiger partial charge is 0.362 e. The molecule has 0 spiro atoms. The summed E-state index contributed by atoms with van der Waals surface area (Å²) in [6.45, 7) is 0. The van der Waals surface area contributed by atoms with Gasteiger partial charge in [0.1, 0.15) is 0 Å². The molecule has 1 heterocycles. The fourth-order valence-electron chi connectivity index (χ4n) is 3.76. The van der Waals surface area contributed by atoms with Crippen LogP contribution in [0.3, 0.4) is 0 Å². The average molecular weight is 301 g/mol. The molecular weight excluding hydrogens is 279 g/mol. The van der Waals surface area contributed by atoms with Gasteiger partial charge >= 0.3 is 0 Å². The topological polar surface area (TPSA) is 40.5 Å². The summed E-state index contributed by atoms with van der Waals surface area (Å²) >= 11 is 0. The highest BCUT2D eigenvalue weighted by atomic mass is 31.2. The Morgan fingerprint density at radius 2 is 1.10 bits per heavy atom. The fraction of sp³-hybridized carbons (Fsp3) is 0.333. The standard InChI is InChI=1S/C18H22O2P/c19-13-21(14-20)17(15-7-3-1-4-8-15)11-12-18(21)16-9-5-2-6-10-16/h1-10,17-20H,11-14H2/q+1/t17-,18-/m0/s1. The SMILES string of the molecule is OC[P+]1(CO)[C@H](c2ccccc2)CC[C@H]1c1ccccc1. The van der Waals surface area contributed by atoms with Gasteiger partial charge in [0.25, 0.3) is 0 Å². The molecule has 110 valence electrons. The maximum absolute atomic E-state index is 10.2. The highest BCUT2D eigenvalue weighted by molar-refractivity contribution is 7.76. The second kappa shape index (κ2) is 6.27. The normalized spacial score (nSPS) is 24.1. The summed E-state index contributed by atoms with van der Waals surface area (Å²) in [6.07, 6.45) is 2.36. The predicted octanol–water partition coefficient (Wildman–Crippen LogP) is 4.18. The lowest BCUT2D eigenvalue weighted by molar-refractivity contribution is 0.334. The van der Waals surface area contributed by atoms with E-state index in [4.69, 9.17) is 0 Å². The molecule has 0 aromatic heterocycles. The van der Waals surface area contributed by atoms with Gasteiger partial charge in [0.05, 0.1) is 18.6 Å². The van der Waals surface area contributed by atoms with Crippen LogP contribution < -0.4 is 0 Å². The Kier molecular flexibility index (Phi) is 4.40. The smallest absolute Gasteiger partial charge is 0.157 e. The molecule has 2 aromatic rings. The summed E-state index contributed by atoms with van der Waals surface area (Å²) in [5.74, 6) is 0. The van der Waals surface area contributed by atoms with Crippen molar-refractivity contribution in [1.82, 2.24) is 0 Å². The number of rotatable bonds is 4. The minimum absolute atomic E-state index is 0.128. The van der Waals surface area contributed by atoms with Crippen LogP contribution in [0.1, 0.15) is 35.3 Å². The summed E-state index contributed by atoms with van der Waals surface area (Å²) in [5, 5.41) is 20.3. The lowest BCUT2D eigenvalue weighted by Crippen LogP contribution is -2.13. The first kappa shape index (κ1) is 14.7. The zero-order valence-corrected chi connectivity index (χ0v) is 13.0. The monoisotopic (exact) mass is 301 g/mol. The zero-order chi connectivity index (χ0) is 14.7. The Morgan fingerprint density at radius 3 is 1.43 bits per heavy atom. The van der Waals surface area contributed by atoms with Gasteiger partial charge in [0.15, 0.2) is 12.7 Å². The van der Waals surface area contributed by atoms with Gasteiger partial charge < -0.3 is 10.2 Å². The van der Waals surface area contributed by atoms with E-state index in [1.807, 2.05) is 12.1 Å². The first-order valence-corrected chi connectivity index (χ1v) is 9.79. The minimum atomic E-state index is -1.86. The van der Waals surface area contributed by atoms with E-state index in [0.29, 0.717) is 11.3 Å². The van der Waals surface area contributed by atoms with E-state index in [9.17, 15) is 10.2 Å². The van der Waals surface area contributed by atoms with Crippen LogP contribution >= 0.6 is 7.26 Å². The fourth-order valence-corrected chi connectivity index (χ4v) is 7.93. The molecule has 2 aromatic carbocycles. The molecule has 0 saturated carbocycles. The molecule has 2 N–H and O–H groups in total. The van der Waals surface area contributed by atoms with Crippen LogP contribution in [0.25, 0.3) is 0 Å². The van der Waals surface area contributed by atoms with Gasteiger partial charge in [-0.25, -0.2) is 0 Å². The Labute approximate surface area is 126 Å². The molecule has 1 saturated heterocycles. The number of hydrogen-bond acceptors (Lipinski definition) is 2. The van der Waals surface area contributed by atoms with Crippen molar-refractivity contribution < 1.29 is 10.2 Å². The van der Waals surface area contributed by atoms with Crippen LogP contribution in [0.4, 0.5) is 0 Å². The lowest BCUT2D eigenvalue weighted by Gasteiger charge is -2.30. The van der Waals surface area contributed by atoms with E-state index in [1.165, 1.54) is 11.1 Å². The van der Waals surface area contributed by atoms with Gasteiger partial charge in [-0.15, -0.1) is 0 Å². The maximum Gasteiger partial charge on any atom is 0.157 e. The molecule has 3 rings (SSSR count). The summed E-state index contributed by atoms with van der Waals surface area (Å²) in [4.78, 5) is 0. The summed E-state index contributed by atoms with van der Waals surface area (Å²) < 4.78 is 0. The molecule has 21 heavy (non-hydrogen) atoms. The van der Waals surface area contributed by atoms with Gasteiger partial charge in [-0.3, -0.25) is 0 Å². The van der Waals surface area contributed by atoms with E-state index in [2.05, 4.69) is 48.5 Å². The van der Waals surface area contributed by atoms with Crippen molar-refractivity contribution in [2.45, 2.75) is 24.2 Å². The highest BCUT2D eigenvalue weighted by Crippen LogP contribution is 2.83. The van der Waals surface area contributed by atoms with E-state index in [1.54, 1.807) is 0 Å². The Hall–Kier alpha value is -1.21. The van der Waals surface area contributed by atoms with Crippen molar-refractivity contribution in [1.29, 1.82) is 0 Å². The zero-order valence-electron chi connectivity index (χ0n) is 12.1. The van der Waals surface area contributed by atoms with Crippen molar-refractivity contribution in [2.24, 2.45) is 0 Å². The Bertz CT molecular complexity index is 517. The quantitative estimate of drug-likeness (QED) is 0.832. The van der Waals surface area contributed by atoms with Crippen LogP contribution in [-0.2, 0) is 0 Å². The second-order valence-corrected chi connectivity index (χ2v) is 9.83. The molecule has 2 nitrogen and oxygen atoms in total. The van der Waals surface area contributed by atoms with Gasteiger partial charge in [-0.05, 0) is 24.0 Å². The second-order valence-electron chi connectivity index (χ2n) is 5.82. The molecular formula is C18H22O2P+. The van der Waals surface area contributed by atoms with Crippen molar-refractivity contribution in [2.75, 3.05) is 12.7 Å². The lowest BCUT2D eigenvalue weighted by atomic mass is 10.0. The molecule has 0 unspecified atom stereocenters. The Morgan fingerprint density at radius 1 is 0.714 bits per heavy atom. The third-order valence-corrected chi connectivity index (χ3v) is 9.50. The predicted molar refractivity (Wildman–Crippen MR) is 88.7 cm³/mol.